The average Bonchev–Trinajstić information content (AvgIpc) is 3.16. The lowest BCUT2D eigenvalue weighted by molar-refractivity contribution is -0.132. The number of hydrogen-bond donors (Lipinski definition) is 0. The molecular weight excluding hydrogens is 402 g/mol. The lowest BCUT2D eigenvalue weighted by Crippen LogP contribution is -2.31. The molecular formula is C23H26ClN3O3. The smallest absolute Gasteiger partial charge is 0.260 e. The van der Waals surface area contributed by atoms with E-state index in [0.717, 1.165) is 11.1 Å². The van der Waals surface area contributed by atoms with E-state index in [0.29, 0.717) is 22.6 Å². The quantitative estimate of drug-likeness (QED) is 0.551. The molecule has 0 fully saturated rings. The zero-order valence-electron chi connectivity index (χ0n) is 17.9. The van der Waals surface area contributed by atoms with Crippen LogP contribution in [0.4, 0.5) is 0 Å². The van der Waals surface area contributed by atoms with Crippen LogP contribution in [0.5, 0.6) is 5.75 Å². The second-order valence-electron chi connectivity index (χ2n) is 8.28. The predicted molar refractivity (Wildman–Crippen MR) is 117 cm³/mol. The molecule has 0 saturated carbocycles. The molecule has 7 heteroatoms. The monoisotopic (exact) mass is 427 g/mol. The zero-order chi connectivity index (χ0) is 21.9. The normalized spacial score (nSPS) is 11.4. The van der Waals surface area contributed by atoms with Crippen molar-refractivity contribution in [2.45, 2.75) is 39.7 Å². The van der Waals surface area contributed by atoms with Crippen LogP contribution >= 0.6 is 11.6 Å². The Labute approximate surface area is 181 Å². The molecule has 0 aliphatic carbocycles. The van der Waals surface area contributed by atoms with Crippen molar-refractivity contribution in [3.63, 3.8) is 0 Å². The van der Waals surface area contributed by atoms with E-state index in [1.54, 1.807) is 25.2 Å². The highest BCUT2D eigenvalue weighted by molar-refractivity contribution is 6.31. The molecule has 0 atom stereocenters. The van der Waals surface area contributed by atoms with Crippen molar-refractivity contribution < 1.29 is 13.9 Å². The van der Waals surface area contributed by atoms with Crippen LogP contribution in [-0.2, 0) is 16.8 Å². The maximum Gasteiger partial charge on any atom is 0.260 e. The summed E-state index contributed by atoms with van der Waals surface area (Å²) in [6, 6.07) is 13.3. The molecule has 3 aromatic rings. The highest BCUT2D eigenvalue weighted by Gasteiger charge is 2.17. The third-order valence-corrected chi connectivity index (χ3v) is 5.18. The van der Waals surface area contributed by atoms with Crippen molar-refractivity contribution in [1.82, 2.24) is 15.1 Å². The third kappa shape index (κ3) is 5.39. The number of aromatic nitrogens is 2. The summed E-state index contributed by atoms with van der Waals surface area (Å²) in [6.07, 6.45) is 0. The number of carbonyl (C=O) groups is 1. The van der Waals surface area contributed by atoms with E-state index in [4.69, 9.17) is 20.8 Å². The van der Waals surface area contributed by atoms with Crippen molar-refractivity contribution in [2.24, 2.45) is 0 Å². The number of hydrogen-bond acceptors (Lipinski definition) is 5. The minimum Gasteiger partial charge on any atom is -0.484 e. The summed E-state index contributed by atoms with van der Waals surface area (Å²) < 4.78 is 11.3. The molecule has 158 valence electrons. The van der Waals surface area contributed by atoms with E-state index >= 15 is 0 Å². The van der Waals surface area contributed by atoms with Crippen molar-refractivity contribution >= 4 is 17.5 Å². The van der Waals surface area contributed by atoms with Crippen LogP contribution in [0.1, 0.15) is 37.8 Å². The number of nitrogens with zero attached hydrogens (tertiary/aromatic N) is 3. The molecule has 0 unspecified atom stereocenters. The summed E-state index contributed by atoms with van der Waals surface area (Å²) >= 11 is 6.00. The molecule has 0 aliphatic heterocycles. The van der Waals surface area contributed by atoms with Crippen LogP contribution in [0.25, 0.3) is 11.5 Å². The van der Waals surface area contributed by atoms with E-state index in [-0.39, 0.29) is 24.5 Å². The molecule has 6 nitrogen and oxygen atoms in total. The fourth-order valence-electron chi connectivity index (χ4n) is 2.80. The van der Waals surface area contributed by atoms with E-state index in [2.05, 4.69) is 43.1 Å². The molecule has 1 amide bonds. The lowest BCUT2D eigenvalue weighted by Gasteiger charge is -2.18. The van der Waals surface area contributed by atoms with Crippen molar-refractivity contribution in [3.05, 3.63) is 64.5 Å². The van der Waals surface area contributed by atoms with Gasteiger partial charge in [0, 0.05) is 17.6 Å². The molecule has 0 N–H and O–H groups in total. The summed E-state index contributed by atoms with van der Waals surface area (Å²) in [6.45, 7) is 8.49. The first-order chi connectivity index (χ1) is 14.1. The Balaban J connectivity index is 1.58. The molecule has 0 saturated heterocycles. The van der Waals surface area contributed by atoms with Gasteiger partial charge in [0.2, 0.25) is 11.8 Å². The van der Waals surface area contributed by atoms with Gasteiger partial charge >= 0.3 is 0 Å². The highest BCUT2D eigenvalue weighted by atomic mass is 35.5. The van der Waals surface area contributed by atoms with Gasteiger partial charge in [-0.05, 0) is 53.8 Å². The summed E-state index contributed by atoms with van der Waals surface area (Å²) in [7, 11) is 1.67. The summed E-state index contributed by atoms with van der Waals surface area (Å²) in [5.74, 6) is 1.19. The number of ether oxygens (including phenoxy) is 1. The Morgan fingerprint density at radius 1 is 1.13 bits per heavy atom. The number of aryl methyl sites for hydroxylation is 1. The molecule has 0 aliphatic rings. The van der Waals surface area contributed by atoms with Gasteiger partial charge < -0.3 is 14.1 Å². The second-order valence-corrected chi connectivity index (χ2v) is 8.68. The van der Waals surface area contributed by atoms with Gasteiger partial charge in [-0.2, -0.15) is 0 Å². The molecule has 30 heavy (non-hydrogen) atoms. The lowest BCUT2D eigenvalue weighted by atomic mass is 9.87. The van der Waals surface area contributed by atoms with Crippen LogP contribution < -0.4 is 4.74 Å². The first-order valence-electron chi connectivity index (χ1n) is 9.69. The number of halogens is 1. The summed E-state index contributed by atoms with van der Waals surface area (Å²) in [5, 5.41) is 8.82. The van der Waals surface area contributed by atoms with Gasteiger partial charge in [-0.15, -0.1) is 10.2 Å². The Kier molecular flexibility index (Phi) is 6.46. The molecule has 0 radical (unpaired) electrons. The van der Waals surface area contributed by atoms with E-state index < -0.39 is 0 Å². The molecule has 2 aromatic carbocycles. The molecule has 0 bridgehead atoms. The molecule has 1 aromatic heterocycles. The van der Waals surface area contributed by atoms with Gasteiger partial charge in [0.15, 0.2) is 6.61 Å². The standard InChI is InChI=1S/C23H26ClN3O3/c1-15-12-18(10-11-19(15)24)29-14-21(28)27(5)13-20-25-26-22(30-20)16-6-8-17(9-7-16)23(2,3)4/h6-12H,13-14H2,1-5H3. The number of benzene rings is 2. The first-order valence-corrected chi connectivity index (χ1v) is 10.1. The van der Waals surface area contributed by atoms with E-state index in [9.17, 15) is 4.79 Å². The van der Waals surface area contributed by atoms with Crippen molar-refractivity contribution in [3.8, 4) is 17.2 Å². The number of likely N-dealkylation sites (N-methyl/N-ethyl adjacent to an activating group) is 1. The van der Waals surface area contributed by atoms with Gasteiger partial charge in [-0.1, -0.05) is 44.5 Å². The molecule has 0 spiro atoms. The topological polar surface area (TPSA) is 68.5 Å². The van der Waals surface area contributed by atoms with Gasteiger partial charge in [0.05, 0.1) is 6.54 Å². The number of rotatable bonds is 6. The van der Waals surface area contributed by atoms with E-state index in [1.165, 1.54) is 10.5 Å². The highest BCUT2D eigenvalue weighted by Crippen LogP contribution is 2.26. The van der Waals surface area contributed by atoms with Crippen LogP contribution in [0.15, 0.2) is 46.9 Å². The van der Waals surface area contributed by atoms with E-state index in [1.807, 2.05) is 19.1 Å². The largest absolute Gasteiger partial charge is 0.484 e. The molecule has 3 rings (SSSR count). The van der Waals surface area contributed by atoms with Crippen molar-refractivity contribution in [1.29, 1.82) is 0 Å². The Bertz CT molecular complexity index is 1020. The minimum absolute atomic E-state index is 0.0778. The van der Waals surface area contributed by atoms with Gasteiger partial charge in [0.1, 0.15) is 5.75 Å². The zero-order valence-corrected chi connectivity index (χ0v) is 18.7. The van der Waals surface area contributed by atoms with Gasteiger partial charge in [-0.3, -0.25) is 4.79 Å². The average molecular weight is 428 g/mol. The Hall–Kier alpha value is -2.86. The van der Waals surface area contributed by atoms with Gasteiger partial charge in [-0.25, -0.2) is 0 Å². The van der Waals surface area contributed by atoms with Crippen LogP contribution in [0.3, 0.4) is 0 Å². The predicted octanol–water partition coefficient (Wildman–Crippen LogP) is 5.03. The number of carbonyl (C=O) groups excluding carboxylic acids is 1. The Morgan fingerprint density at radius 2 is 1.83 bits per heavy atom. The summed E-state index contributed by atoms with van der Waals surface area (Å²) in [4.78, 5) is 13.9. The van der Waals surface area contributed by atoms with Crippen LogP contribution in [0, 0.1) is 6.92 Å². The fraction of sp³-hybridized carbons (Fsp3) is 0.348. The minimum atomic E-state index is -0.197. The van der Waals surface area contributed by atoms with Crippen molar-refractivity contribution in [2.75, 3.05) is 13.7 Å². The first kappa shape index (κ1) is 21.8. The van der Waals surface area contributed by atoms with Gasteiger partial charge in [0.25, 0.3) is 5.91 Å². The van der Waals surface area contributed by atoms with Crippen LogP contribution in [-0.4, -0.2) is 34.7 Å². The third-order valence-electron chi connectivity index (χ3n) is 4.75. The number of amides is 1. The SMILES string of the molecule is Cc1cc(OCC(=O)N(C)Cc2nnc(-c3ccc(C(C)(C)C)cc3)o2)ccc1Cl. The molecule has 1 heterocycles. The second kappa shape index (κ2) is 8.88. The summed E-state index contributed by atoms with van der Waals surface area (Å²) in [5.41, 5.74) is 3.04. The maximum atomic E-state index is 12.4. The fourth-order valence-corrected chi connectivity index (χ4v) is 2.92. The Morgan fingerprint density at radius 3 is 2.47 bits per heavy atom. The maximum absolute atomic E-state index is 12.4. The van der Waals surface area contributed by atoms with Crippen LogP contribution in [0.2, 0.25) is 5.02 Å².